The van der Waals surface area contributed by atoms with E-state index in [0.717, 1.165) is 31.6 Å². The second kappa shape index (κ2) is 5.15. The first kappa shape index (κ1) is 11.2. The van der Waals surface area contributed by atoms with Gasteiger partial charge in [0.2, 0.25) is 5.91 Å². The second-order valence-electron chi connectivity index (χ2n) is 4.20. The highest BCUT2D eigenvalue weighted by molar-refractivity contribution is 5.78. The molecule has 0 unspecified atom stereocenters. The zero-order valence-electron chi connectivity index (χ0n) is 9.18. The van der Waals surface area contributed by atoms with Crippen molar-refractivity contribution in [3.8, 4) is 0 Å². The van der Waals surface area contributed by atoms with E-state index in [9.17, 15) is 4.79 Å². The van der Waals surface area contributed by atoms with Gasteiger partial charge in [-0.25, -0.2) is 0 Å². The van der Waals surface area contributed by atoms with Crippen molar-refractivity contribution < 1.29 is 4.79 Å². The van der Waals surface area contributed by atoms with Crippen molar-refractivity contribution in [2.45, 2.75) is 32.7 Å². The Morgan fingerprint density at radius 3 is 2.86 bits per heavy atom. The Labute approximate surface area is 86.2 Å². The van der Waals surface area contributed by atoms with Crippen LogP contribution in [0.15, 0.2) is 12.2 Å². The lowest BCUT2D eigenvalue weighted by atomic mass is 10.2. The summed E-state index contributed by atoms with van der Waals surface area (Å²) in [6, 6.07) is 0.473. The van der Waals surface area contributed by atoms with Crippen LogP contribution in [0.2, 0.25) is 0 Å². The molecule has 80 valence electrons. The van der Waals surface area contributed by atoms with Crippen molar-refractivity contribution in [3.63, 3.8) is 0 Å². The van der Waals surface area contributed by atoms with E-state index in [-0.39, 0.29) is 5.91 Å². The predicted octanol–water partition coefficient (Wildman–Crippen LogP) is 1.16. The molecule has 0 spiro atoms. The van der Waals surface area contributed by atoms with Crippen LogP contribution in [0.4, 0.5) is 0 Å². The molecule has 1 heterocycles. The minimum absolute atomic E-state index is 0.274. The normalized spacial score (nSPS) is 16.8. The van der Waals surface area contributed by atoms with Gasteiger partial charge >= 0.3 is 0 Å². The molecule has 1 aliphatic rings. The zero-order chi connectivity index (χ0) is 10.6. The third-order valence-electron chi connectivity index (χ3n) is 2.35. The van der Waals surface area contributed by atoms with Crippen LogP contribution in [0.5, 0.6) is 0 Å². The van der Waals surface area contributed by atoms with E-state index in [4.69, 9.17) is 0 Å². The minimum Gasteiger partial charge on any atom is -0.339 e. The molecule has 0 aromatic heterocycles. The van der Waals surface area contributed by atoms with Crippen molar-refractivity contribution in [1.29, 1.82) is 0 Å². The van der Waals surface area contributed by atoms with Gasteiger partial charge in [-0.3, -0.25) is 4.79 Å². The van der Waals surface area contributed by atoms with Crippen LogP contribution in [0.1, 0.15) is 26.7 Å². The number of hydrogen-bond acceptors (Lipinski definition) is 2. The van der Waals surface area contributed by atoms with E-state index in [0.29, 0.717) is 12.5 Å². The topological polar surface area (TPSA) is 32.3 Å². The average Bonchev–Trinajstić information content (AvgIpc) is 2.49. The van der Waals surface area contributed by atoms with Crippen molar-refractivity contribution in [2.75, 3.05) is 19.6 Å². The van der Waals surface area contributed by atoms with E-state index in [2.05, 4.69) is 25.7 Å². The quantitative estimate of drug-likeness (QED) is 0.669. The highest BCUT2D eigenvalue weighted by atomic mass is 16.2. The number of amides is 1. The molecule has 1 N–H and O–H groups in total. The van der Waals surface area contributed by atoms with E-state index >= 15 is 0 Å². The number of carbonyl (C=O) groups excluding carboxylic acids is 1. The standard InChI is InChI=1S/C11H20N2O/c1-9(2)12-7-10(3)8-13-6-4-5-11(13)14/h9,12H,3-8H2,1-2H3. The molecule has 0 radical (unpaired) electrons. The third-order valence-corrected chi connectivity index (χ3v) is 2.35. The summed E-state index contributed by atoms with van der Waals surface area (Å²) in [5.74, 6) is 0.274. The first-order valence-corrected chi connectivity index (χ1v) is 5.27. The molecule has 1 amide bonds. The summed E-state index contributed by atoms with van der Waals surface area (Å²) in [4.78, 5) is 13.2. The maximum atomic E-state index is 11.3. The van der Waals surface area contributed by atoms with Crippen LogP contribution in [0, 0.1) is 0 Å². The predicted molar refractivity (Wildman–Crippen MR) is 58.1 cm³/mol. The van der Waals surface area contributed by atoms with Gasteiger partial charge in [0.25, 0.3) is 0 Å². The van der Waals surface area contributed by atoms with Gasteiger partial charge in [-0.2, -0.15) is 0 Å². The number of rotatable bonds is 5. The molecule has 1 rings (SSSR count). The van der Waals surface area contributed by atoms with Crippen molar-refractivity contribution in [2.24, 2.45) is 0 Å². The van der Waals surface area contributed by atoms with Crippen LogP contribution in [-0.2, 0) is 4.79 Å². The number of nitrogens with zero attached hydrogens (tertiary/aromatic N) is 1. The van der Waals surface area contributed by atoms with Crippen LogP contribution >= 0.6 is 0 Å². The summed E-state index contributed by atoms with van der Waals surface area (Å²) < 4.78 is 0. The molecule has 3 nitrogen and oxygen atoms in total. The van der Waals surface area contributed by atoms with Gasteiger partial charge in [-0.1, -0.05) is 20.4 Å². The lowest BCUT2D eigenvalue weighted by Gasteiger charge is -2.18. The highest BCUT2D eigenvalue weighted by Gasteiger charge is 2.19. The van der Waals surface area contributed by atoms with Gasteiger partial charge in [-0.15, -0.1) is 0 Å². The molecule has 1 saturated heterocycles. The molecule has 0 aliphatic carbocycles. The Hall–Kier alpha value is -0.830. The fraction of sp³-hybridized carbons (Fsp3) is 0.727. The molecule has 0 aromatic rings. The molecule has 1 fully saturated rings. The Morgan fingerprint density at radius 2 is 2.36 bits per heavy atom. The largest absolute Gasteiger partial charge is 0.339 e. The van der Waals surface area contributed by atoms with E-state index in [1.54, 1.807) is 0 Å². The first-order chi connectivity index (χ1) is 6.59. The molecule has 14 heavy (non-hydrogen) atoms. The number of likely N-dealkylation sites (tertiary alicyclic amines) is 1. The SMILES string of the molecule is C=C(CNC(C)C)CN1CCCC1=O. The van der Waals surface area contributed by atoms with Crippen LogP contribution < -0.4 is 5.32 Å². The number of nitrogens with one attached hydrogen (secondary N) is 1. The maximum Gasteiger partial charge on any atom is 0.222 e. The fourth-order valence-corrected chi connectivity index (χ4v) is 1.55. The zero-order valence-corrected chi connectivity index (χ0v) is 9.18. The summed E-state index contributed by atoms with van der Waals surface area (Å²) in [7, 11) is 0. The van der Waals surface area contributed by atoms with Crippen LogP contribution in [0.3, 0.4) is 0 Å². The summed E-state index contributed by atoms with van der Waals surface area (Å²) in [5.41, 5.74) is 1.09. The van der Waals surface area contributed by atoms with Gasteiger partial charge in [0, 0.05) is 32.1 Å². The lowest BCUT2D eigenvalue weighted by molar-refractivity contribution is -0.127. The molecule has 3 heteroatoms. The molecular weight excluding hydrogens is 176 g/mol. The molecule has 0 atom stereocenters. The smallest absolute Gasteiger partial charge is 0.222 e. The molecular formula is C11H20N2O. The first-order valence-electron chi connectivity index (χ1n) is 5.27. The number of hydrogen-bond donors (Lipinski definition) is 1. The fourth-order valence-electron chi connectivity index (χ4n) is 1.55. The van der Waals surface area contributed by atoms with E-state index in [1.165, 1.54) is 0 Å². The van der Waals surface area contributed by atoms with Crippen LogP contribution in [-0.4, -0.2) is 36.5 Å². The van der Waals surface area contributed by atoms with Gasteiger partial charge < -0.3 is 10.2 Å². The van der Waals surface area contributed by atoms with E-state index < -0.39 is 0 Å². The molecule has 0 aromatic carbocycles. The minimum atomic E-state index is 0.274. The third kappa shape index (κ3) is 3.50. The van der Waals surface area contributed by atoms with Gasteiger partial charge in [-0.05, 0) is 12.0 Å². The van der Waals surface area contributed by atoms with Gasteiger partial charge in [0.1, 0.15) is 0 Å². The Balaban J connectivity index is 2.23. The molecule has 0 saturated carbocycles. The highest BCUT2D eigenvalue weighted by Crippen LogP contribution is 2.10. The van der Waals surface area contributed by atoms with Gasteiger partial charge in [0.15, 0.2) is 0 Å². The number of carbonyl (C=O) groups is 1. The van der Waals surface area contributed by atoms with Crippen molar-refractivity contribution in [3.05, 3.63) is 12.2 Å². The maximum absolute atomic E-state index is 11.3. The second-order valence-corrected chi connectivity index (χ2v) is 4.20. The average molecular weight is 196 g/mol. The van der Waals surface area contributed by atoms with Crippen molar-refractivity contribution in [1.82, 2.24) is 10.2 Å². The summed E-state index contributed by atoms with van der Waals surface area (Å²) >= 11 is 0. The van der Waals surface area contributed by atoms with Gasteiger partial charge in [0.05, 0.1) is 0 Å². The lowest BCUT2D eigenvalue weighted by Crippen LogP contribution is -2.32. The van der Waals surface area contributed by atoms with Crippen LogP contribution in [0.25, 0.3) is 0 Å². The van der Waals surface area contributed by atoms with Crippen molar-refractivity contribution >= 4 is 5.91 Å². The van der Waals surface area contributed by atoms with E-state index in [1.807, 2.05) is 4.90 Å². The molecule has 1 aliphatic heterocycles. The summed E-state index contributed by atoms with van der Waals surface area (Å²) in [6.45, 7) is 10.6. The monoisotopic (exact) mass is 196 g/mol. The Bertz CT molecular complexity index is 223. The summed E-state index contributed by atoms with van der Waals surface area (Å²) in [5, 5.41) is 3.30. The Kier molecular flexibility index (Phi) is 4.14. The Morgan fingerprint density at radius 1 is 1.64 bits per heavy atom. The summed E-state index contributed by atoms with van der Waals surface area (Å²) in [6.07, 6.45) is 1.72. The molecule has 0 bridgehead atoms.